The minimum Gasteiger partial charge on any atom is -0.348 e. The molecular weight excluding hydrogens is 334 g/mol. The first-order valence-corrected chi connectivity index (χ1v) is 8.37. The maximum absolute atomic E-state index is 12.4. The van der Waals surface area contributed by atoms with E-state index in [4.69, 9.17) is 0 Å². The number of carbonyl (C=O) groups excluding carboxylic acids is 2. The number of hydrogen-bond donors (Lipinski definition) is 2. The molecule has 0 radical (unpaired) electrons. The van der Waals surface area contributed by atoms with Gasteiger partial charge in [-0.15, -0.1) is 0 Å². The number of carbonyl (C=O) groups is 2. The molecule has 0 aliphatic heterocycles. The van der Waals surface area contributed by atoms with Crippen LogP contribution in [0.4, 0.5) is 11.4 Å². The summed E-state index contributed by atoms with van der Waals surface area (Å²) in [6.45, 7) is 1.80. The molecule has 0 unspecified atom stereocenters. The minimum atomic E-state index is -0.543. The second kappa shape index (κ2) is 7.35. The molecule has 2 aromatic carbocycles. The number of nitrogens with zero attached hydrogens (tertiary/aromatic N) is 1. The SMILES string of the molecule is Cc1cccc(C(=O)NCc2cccc(NC(=O)C3CC3)c2)c1[N+](=O)[O-]. The van der Waals surface area contributed by atoms with E-state index in [-0.39, 0.29) is 29.6 Å². The van der Waals surface area contributed by atoms with Crippen molar-refractivity contribution < 1.29 is 14.5 Å². The van der Waals surface area contributed by atoms with Crippen LogP contribution < -0.4 is 10.6 Å². The summed E-state index contributed by atoms with van der Waals surface area (Å²) in [6, 6.07) is 11.8. The van der Waals surface area contributed by atoms with Crippen molar-refractivity contribution in [3.05, 3.63) is 69.3 Å². The minimum absolute atomic E-state index is 0.0153. The van der Waals surface area contributed by atoms with E-state index in [9.17, 15) is 19.7 Å². The lowest BCUT2D eigenvalue weighted by molar-refractivity contribution is -0.385. The largest absolute Gasteiger partial charge is 0.348 e. The molecule has 1 aliphatic rings. The van der Waals surface area contributed by atoms with Crippen LogP contribution in [0.5, 0.6) is 0 Å². The van der Waals surface area contributed by atoms with Crippen LogP contribution in [0.1, 0.15) is 34.3 Å². The van der Waals surface area contributed by atoms with Crippen LogP contribution >= 0.6 is 0 Å². The van der Waals surface area contributed by atoms with Gasteiger partial charge < -0.3 is 10.6 Å². The van der Waals surface area contributed by atoms with E-state index in [2.05, 4.69) is 10.6 Å². The molecule has 1 aliphatic carbocycles. The van der Waals surface area contributed by atoms with Crippen LogP contribution in [0, 0.1) is 23.0 Å². The molecule has 0 spiro atoms. The molecule has 26 heavy (non-hydrogen) atoms. The van der Waals surface area contributed by atoms with Crippen molar-refractivity contribution in [2.24, 2.45) is 5.92 Å². The number of nitro groups is 1. The Morgan fingerprint density at radius 1 is 1.19 bits per heavy atom. The highest BCUT2D eigenvalue weighted by Gasteiger charge is 2.29. The Kier molecular flexibility index (Phi) is 4.97. The lowest BCUT2D eigenvalue weighted by Gasteiger charge is -2.09. The molecule has 0 saturated heterocycles. The highest BCUT2D eigenvalue weighted by molar-refractivity contribution is 5.98. The molecular formula is C19H19N3O4. The van der Waals surface area contributed by atoms with Gasteiger partial charge in [0, 0.05) is 23.7 Å². The van der Waals surface area contributed by atoms with Crippen molar-refractivity contribution in [1.29, 1.82) is 0 Å². The van der Waals surface area contributed by atoms with Gasteiger partial charge in [0.25, 0.3) is 11.6 Å². The van der Waals surface area contributed by atoms with E-state index >= 15 is 0 Å². The number of benzene rings is 2. The second-order valence-electron chi connectivity index (χ2n) is 6.37. The molecule has 134 valence electrons. The standard InChI is InChI=1S/C19H19N3O4/c1-12-4-2-7-16(17(12)22(25)26)19(24)20-11-13-5-3-6-15(10-13)21-18(23)14-8-9-14/h2-7,10,14H,8-9,11H2,1H3,(H,20,24)(H,21,23). The van der Waals surface area contributed by atoms with Crippen molar-refractivity contribution >= 4 is 23.2 Å². The van der Waals surface area contributed by atoms with Crippen molar-refractivity contribution in [3.8, 4) is 0 Å². The number of aryl methyl sites for hydroxylation is 1. The van der Waals surface area contributed by atoms with Gasteiger partial charge in [0.05, 0.1) is 4.92 Å². The lowest BCUT2D eigenvalue weighted by atomic mass is 10.1. The van der Waals surface area contributed by atoms with Crippen molar-refractivity contribution in [2.45, 2.75) is 26.3 Å². The summed E-state index contributed by atoms with van der Waals surface area (Å²) in [4.78, 5) is 34.9. The van der Waals surface area contributed by atoms with Gasteiger partial charge in [-0.05, 0) is 43.5 Å². The van der Waals surface area contributed by atoms with E-state index < -0.39 is 10.8 Å². The number of rotatable bonds is 6. The van der Waals surface area contributed by atoms with Gasteiger partial charge in [-0.1, -0.05) is 24.3 Å². The molecule has 7 nitrogen and oxygen atoms in total. The van der Waals surface area contributed by atoms with E-state index in [0.29, 0.717) is 11.3 Å². The monoisotopic (exact) mass is 353 g/mol. The summed E-state index contributed by atoms with van der Waals surface area (Å²) in [5, 5.41) is 16.8. The third-order valence-electron chi connectivity index (χ3n) is 4.26. The predicted octanol–water partition coefficient (Wildman–Crippen LogP) is 3.18. The van der Waals surface area contributed by atoms with Crippen LogP contribution in [0.15, 0.2) is 42.5 Å². The Labute approximate surface area is 150 Å². The Morgan fingerprint density at radius 2 is 1.92 bits per heavy atom. The van der Waals surface area contributed by atoms with Crippen molar-refractivity contribution in [1.82, 2.24) is 5.32 Å². The first-order valence-electron chi connectivity index (χ1n) is 8.37. The zero-order chi connectivity index (χ0) is 18.7. The second-order valence-corrected chi connectivity index (χ2v) is 6.37. The number of nitro benzene ring substituents is 1. The third-order valence-corrected chi connectivity index (χ3v) is 4.26. The summed E-state index contributed by atoms with van der Waals surface area (Å²) in [5.41, 5.74) is 1.76. The Hall–Kier alpha value is -3.22. The van der Waals surface area contributed by atoms with Gasteiger partial charge >= 0.3 is 0 Å². The molecule has 1 saturated carbocycles. The fraction of sp³-hybridized carbons (Fsp3) is 0.263. The summed E-state index contributed by atoms with van der Waals surface area (Å²) in [5.74, 6) is -0.380. The first-order chi connectivity index (χ1) is 12.5. The van der Waals surface area contributed by atoms with E-state index in [1.807, 2.05) is 6.07 Å². The van der Waals surface area contributed by atoms with Gasteiger partial charge in [-0.2, -0.15) is 0 Å². The molecule has 3 rings (SSSR count). The lowest BCUT2D eigenvalue weighted by Crippen LogP contribution is -2.24. The Morgan fingerprint density at radius 3 is 2.62 bits per heavy atom. The first kappa shape index (κ1) is 17.6. The molecule has 0 heterocycles. The van der Waals surface area contributed by atoms with Crippen LogP contribution in [-0.2, 0) is 11.3 Å². The van der Waals surface area contributed by atoms with E-state index in [0.717, 1.165) is 18.4 Å². The predicted molar refractivity (Wildman–Crippen MR) is 96.8 cm³/mol. The van der Waals surface area contributed by atoms with Crippen LogP contribution in [0.2, 0.25) is 0 Å². The van der Waals surface area contributed by atoms with Gasteiger partial charge in [0.15, 0.2) is 0 Å². The highest BCUT2D eigenvalue weighted by Crippen LogP contribution is 2.30. The van der Waals surface area contributed by atoms with Crippen LogP contribution in [0.25, 0.3) is 0 Å². The third kappa shape index (κ3) is 4.05. The van der Waals surface area contributed by atoms with Crippen LogP contribution in [0.3, 0.4) is 0 Å². The Balaban J connectivity index is 1.67. The normalized spacial score (nSPS) is 13.1. The number of amides is 2. The molecule has 2 aromatic rings. The molecule has 0 bridgehead atoms. The number of para-hydroxylation sites is 1. The quantitative estimate of drug-likeness (QED) is 0.615. The van der Waals surface area contributed by atoms with Crippen molar-refractivity contribution in [3.63, 3.8) is 0 Å². The van der Waals surface area contributed by atoms with Crippen molar-refractivity contribution in [2.75, 3.05) is 5.32 Å². The summed E-state index contributed by atoms with van der Waals surface area (Å²) in [6.07, 6.45) is 1.85. The Bertz CT molecular complexity index is 875. The summed E-state index contributed by atoms with van der Waals surface area (Å²) < 4.78 is 0. The van der Waals surface area contributed by atoms with Gasteiger partial charge in [-0.3, -0.25) is 19.7 Å². The van der Waals surface area contributed by atoms with E-state index in [1.54, 1.807) is 37.3 Å². The molecule has 2 N–H and O–H groups in total. The average molecular weight is 353 g/mol. The summed E-state index contributed by atoms with van der Waals surface area (Å²) >= 11 is 0. The number of anilines is 1. The molecule has 0 atom stereocenters. The summed E-state index contributed by atoms with van der Waals surface area (Å²) in [7, 11) is 0. The van der Waals surface area contributed by atoms with Gasteiger partial charge in [0.1, 0.15) is 5.56 Å². The van der Waals surface area contributed by atoms with E-state index in [1.165, 1.54) is 6.07 Å². The van der Waals surface area contributed by atoms with Gasteiger partial charge in [-0.25, -0.2) is 0 Å². The maximum Gasteiger partial charge on any atom is 0.285 e. The topological polar surface area (TPSA) is 101 Å². The van der Waals surface area contributed by atoms with Gasteiger partial charge in [0.2, 0.25) is 5.91 Å². The smallest absolute Gasteiger partial charge is 0.285 e. The highest BCUT2D eigenvalue weighted by atomic mass is 16.6. The average Bonchev–Trinajstić information content (AvgIpc) is 3.44. The number of hydrogen-bond acceptors (Lipinski definition) is 4. The molecule has 1 fully saturated rings. The fourth-order valence-electron chi connectivity index (χ4n) is 2.71. The van der Waals surface area contributed by atoms with Crippen LogP contribution in [-0.4, -0.2) is 16.7 Å². The molecule has 2 amide bonds. The zero-order valence-corrected chi connectivity index (χ0v) is 14.3. The number of nitrogens with one attached hydrogen (secondary N) is 2. The zero-order valence-electron chi connectivity index (χ0n) is 14.3. The fourth-order valence-corrected chi connectivity index (χ4v) is 2.71. The maximum atomic E-state index is 12.4. The molecule has 7 heteroatoms. The molecule has 0 aromatic heterocycles.